The lowest BCUT2D eigenvalue weighted by atomic mass is 9.98. The number of hydrogen-bond donors (Lipinski definition) is 2. The van der Waals surface area contributed by atoms with Crippen molar-refractivity contribution < 1.29 is 9.53 Å². The zero-order chi connectivity index (χ0) is 15.2. The summed E-state index contributed by atoms with van der Waals surface area (Å²) in [4.78, 5) is 13.5. The van der Waals surface area contributed by atoms with Crippen LogP contribution in [0.3, 0.4) is 0 Å². The molecule has 0 radical (unpaired) electrons. The van der Waals surface area contributed by atoms with Gasteiger partial charge in [0.15, 0.2) is 0 Å². The number of nitrogens with two attached hydrogens (primary N) is 2. The molecule has 116 valence electrons. The first kappa shape index (κ1) is 15.5. The highest BCUT2D eigenvalue weighted by Crippen LogP contribution is 2.33. The molecule has 2 rings (SSSR count). The molecule has 1 unspecified atom stereocenters. The molecular formula is C16H25N3O2. The van der Waals surface area contributed by atoms with Crippen LogP contribution >= 0.6 is 0 Å². The van der Waals surface area contributed by atoms with Crippen molar-refractivity contribution in [1.82, 2.24) is 0 Å². The van der Waals surface area contributed by atoms with E-state index in [0.29, 0.717) is 18.7 Å². The number of benzene rings is 1. The maximum atomic E-state index is 11.2. The van der Waals surface area contributed by atoms with Crippen LogP contribution in [0.1, 0.15) is 39.0 Å². The number of amides is 1. The number of nitrogen functional groups attached to an aromatic ring is 1. The van der Waals surface area contributed by atoms with Gasteiger partial charge in [0.25, 0.3) is 0 Å². The van der Waals surface area contributed by atoms with Crippen LogP contribution in [0.25, 0.3) is 0 Å². The lowest BCUT2D eigenvalue weighted by Crippen LogP contribution is -2.42. The van der Waals surface area contributed by atoms with Gasteiger partial charge in [-0.15, -0.1) is 0 Å². The number of anilines is 2. The number of carbonyl (C=O) groups is 1. The van der Waals surface area contributed by atoms with Crippen molar-refractivity contribution in [3.05, 3.63) is 18.2 Å². The number of carbonyl (C=O) groups excluding carboxylic acids is 1. The van der Waals surface area contributed by atoms with E-state index in [9.17, 15) is 4.79 Å². The van der Waals surface area contributed by atoms with E-state index in [0.717, 1.165) is 43.7 Å². The quantitative estimate of drug-likeness (QED) is 0.788. The van der Waals surface area contributed by atoms with Crippen LogP contribution in [0.4, 0.5) is 11.4 Å². The molecule has 5 heteroatoms. The first-order chi connectivity index (χ1) is 10.1. The minimum absolute atomic E-state index is 0.154. The van der Waals surface area contributed by atoms with Crippen LogP contribution in [0.15, 0.2) is 18.2 Å². The Morgan fingerprint density at radius 3 is 2.90 bits per heavy atom. The van der Waals surface area contributed by atoms with Gasteiger partial charge in [-0.3, -0.25) is 4.79 Å². The molecule has 1 saturated heterocycles. The van der Waals surface area contributed by atoms with Crippen molar-refractivity contribution >= 4 is 17.3 Å². The average molecular weight is 291 g/mol. The summed E-state index contributed by atoms with van der Waals surface area (Å²) in [5, 5.41) is 0. The molecule has 0 aliphatic carbocycles. The van der Waals surface area contributed by atoms with E-state index in [1.54, 1.807) is 0 Å². The Morgan fingerprint density at radius 2 is 2.24 bits per heavy atom. The Balaban J connectivity index is 2.16. The van der Waals surface area contributed by atoms with Gasteiger partial charge in [0.05, 0.1) is 18.0 Å². The van der Waals surface area contributed by atoms with Crippen LogP contribution in [-0.4, -0.2) is 25.1 Å². The summed E-state index contributed by atoms with van der Waals surface area (Å²) in [5.74, 6) is 0.537. The predicted molar refractivity (Wildman–Crippen MR) is 85.4 cm³/mol. The number of primary amides is 1. The molecule has 1 aliphatic rings. The average Bonchev–Trinajstić information content (AvgIpc) is 2.45. The molecule has 1 amide bonds. The lowest BCUT2D eigenvalue weighted by Gasteiger charge is -2.37. The fourth-order valence-corrected chi connectivity index (χ4v) is 2.87. The van der Waals surface area contributed by atoms with Crippen molar-refractivity contribution in [3.63, 3.8) is 0 Å². The lowest BCUT2D eigenvalue weighted by molar-refractivity contribution is -0.118. The summed E-state index contributed by atoms with van der Waals surface area (Å²) in [6.45, 7) is 3.67. The second-order valence-electron chi connectivity index (χ2n) is 5.58. The van der Waals surface area contributed by atoms with Gasteiger partial charge in [-0.1, -0.05) is 6.92 Å². The molecule has 5 nitrogen and oxygen atoms in total. The molecule has 1 fully saturated rings. The van der Waals surface area contributed by atoms with E-state index < -0.39 is 0 Å². The summed E-state index contributed by atoms with van der Waals surface area (Å²) in [5.41, 5.74) is 13.2. The highest BCUT2D eigenvalue weighted by molar-refractivity contribution is 5.76. The van der Waals surface area contributed by atoms with E-state index in [1.807, 2.05) is 18.2 Å². The third-order valence-corrected chi connectivity index (χ3v) is 3.85. The van der Waals surface area contributed by atoms with Crippen molar-refractivity contribution in [1.29, 1.82) is 0 Å². The number of piperidine rings is 1. The number of ether oxygens (including phenoxy) is 1. The van der Waals surface area contributed by atoms with E-state index in [-0.39, 0.29) is 11.9 Å². The maximum Gasteiger partial charge on any atom is 0.219 e. The smallest absolute Gasteiger partial charge is 0.219 e. The highest BCUT2D eigenvalue weighted by atomic mass is 16.5. The first-order valence-corrected chi connectivity index (χ1v) is 7.69. The fraction of sp³-hybridized carbons (Fsp3) is 0.562. The Kier molecular flexibility index (Phi) is 5.31. The second-order valence-corrected chi connectivity index (χ2v) is 5.58. The molecule has 1 atom stereocenters. The van der Waals surface area contributed by atoms with E-state index in [4.69, 9.17) is 16.2 Å². The molecule has 0 aromatic heterocycles. The molecule has 1 aromatic carbocycles. The first-order valence-electron chi connectivity index (χ1n) is 7.69. The standard InChI is InChI=1S/C16H25N3O2/c1-2-9-21-13-6-7-15(14(17)11-13)19-8-4-3-5-12(19)10-16(18)20/h6-7,11-12H,2-5,8-10,17H2,1H3,(H2,18,20). The third kappa shape index (κ3) is 4.03. The predicted octanol–water partition coefficient (Wildman–Crippen LogP) is 2.29. The van der Waals surface area contributed by atoms with Gasteiger partial charge in [-0.05, 0) is 37.8 Å². The topological polar surface area (TPSA) is 81.6 Å². The number of hydrogen-bond acceptors (Lipinski definition) is 4. The fourth-order valence-electron chi connectivity index (χ4n) is 2.87. The van der Waals surface area contributed by atoms with Gasteiger partial charge >= 0.3 is 0 Å². The molecule has 1 aromatic rings. The van der Waals surface area contributed by atoms with Crippen LogP contribution in [0, 0.1) is 0 Å². The van der Waals surface area contributed by atoms with Crippen LogP contribution < -0.4 is 21.1 Å². The third-order valence-electron chi connectivity index (χ3n) is 3.85. The Bertz CT molecular complexity index is 490. The molecule has 21 heavy (non-hydrogen) atoms. The van der Waals surface area contributed by atoms with E-state index in [1.165, 1.54) is 0 Å². The minimum atomic E-state index is -0.256. The van der Waals surface area contributed by atoms with Gasteiger partial charge in [0, 0.05) is 25.1 Å². The van der Waals surface area contributed by atoms with E-state index >= 15 is 0 Å². The van der Waals surface area contributed by atoms with Crippen molar-refractivity contribution in [2.75, 3.05) is 23.8 Å². The Labute approximate surface area is 126 Å². The number of nitrogens with zero attached hydrogens (tertiary/aromatic N) is 1. The largest absolute Gasteiger partial charge is 0.494 e. The van der Waals surface area contributed by atoms with Gasteiger partial charge < -0.3 is 21.1 Å². The van der Waals surface area contributed by atoms with Crippen LogP contribution in [0.5, 0.6) is 5.75 Å². The van der Waals surface area contributed by atoms with Gasteiger partial charge in [-0.25, -0.2) is 0 Å². The van der Waals surface area contributed by atoms with Crippen molar-refractivity contribution in [2.45, 2.75) is 45.1 Å². The molecule has 1 aliphatic heterocycles. The summed E-state index contributed by atoms with van der Waals surface area (Å²) < 4.78 is 5.60. The minimum Gasteiger partial charge on any atom is -0.494 e. The van der Waals surface area contributed by atoms with Crippen LogP contribution in [0.2, 0.25) is 0 Å². The SMILES string of the molecule is CCCOc1ccc(N2CCCCC2CC(N)=O)c(N)c1. The molecule has 0 saturated carbocycles. The molecular weight excluding hydrogens is 266 g/mol. The zero-order valence-electron chi connectivity index (χ0n) is 12.7. The summed E-state index contributed by atoms with van der Waals surface area (Å²) in [6, 6.07) is 5.94. The van der Waals surface area contributed by atoms with Gasteiger partial charge in [-0.2, -0.15) is 0 Å². The van der Waals surface area contributed by atoms with E-state index in [2.05, 4.69) is 11.8 Å². The maximum absolute atomic E-state index is 11.2. The summed E-state index contributed by atoms with van der Waals surface area (Å²) in [6.07, 6.45) is 4.58. The zero-order valence-corrected chi connectivity index (χ0v) is 12.7. The Hall–Kier alpha value is -1.91. The van der Waals surface area contributed by atoms with Crippen molar-refractivity contribution in [3.8, 4) is 5.75 Å². The normalized spacial score (nSPS) is 18.5. The Morgan fingerprint density at radius 1 is 1.43 bits per heavy atom. The monoisotopic (exact) mass is 291 g/mol. The van der Waals surface area contributed by atoms with Gasteiger partial charge in [0.2, 0.25) is 5.91 Å². The second kappa shape index (κ2) is 7.20. The summed E-state index contributed by atoms with van der Waals surface area (Å²) >= 11 is 0. The number of rotatable bonds is 6. The van der Waals surface area contributed by atoms with Gasteiger partial charge in [0.1, 0.15) is 5.75 Å². The van der Waals surface area contributed by atoms with Crippen molar-refractivity contribution in [2.24, 2.45) is 5.73 Å². The highest BCUT2D eigenvalue weighted by Gasteiger charge is 2.25. The molecule has 0 spiro atoms. The summed E-state index contributed by atoms with van der Waals surface area (Å²) in [7, 11) is 0. The molecule has 4 N–H and O–H groups in total. The molecule has 0 bridgehead atoms. The van der Waals surface area contributed by atoms with Crippen LogP contribution in [-0.2, 0) is 4.79 Å². The molecule has 1 heterocycles.